The molecule has 50 heavy (non-hydrogen) atoms. The molecule has 2 aliphatic rings. The first-order chi connectivity index (χ1) is 23.6. The molecule has 2 aromatic heterocycles. The van der Waals surface area contributed by atoms with Crippen LogP contribution in [0.5, 0.6) is 23.3 Å². The number of ether oxygens (including phenoxy) is 3. The number of rotatable bonds is 6. The van der Waals surface area contributed by atoms with E-state index < -0.39 is 5.60 Å². The van der Waals surface area contributed by atoms with Gasteiger partial charge in [-0.2, -0.15) is 0 Å². The zero-order chi connectivity index (χ0) is 34.6. The van der Waals surface area contributed by atoms with Gasteiger partial charge in [0.2, 0.25) is 11.8 Å². The number of aromatic nitrogens is 2. The van der Waals surface area contributed by atoms with Crippen molar-refractivity contribution in [2.75, 3.05) is 26.2 Å². The Hall–Kier alpha value is -4.66. The van der Waals surface area contributed by atoms with Gasteiger partial charge in [0.05, 0.1) is 0 Å². The highest BCUT2D eigenvalue weighted by Gasteiger charge is 2.24. The number of halogens is 1. The van der Waals surface area contributed by atoms with E-state index >= 15 is 0 Å². The Labute approximate surface area is 303 Å². The fraction of sp³-hybridized carbons (Fsp3) is 0.341. The number of carbonyl (C=O) groups is 1. The number of nitrogens with one attached hydrogen (secondary N) is 1. The smallest absolute Gasteiger partial charge is 0.410 e. The molecule has 0 atom stereocenters. The number of aryl methyl sites for hydroxylation is 2. The Kier molecular flexibility index (Phi) is 14.0. The van der Waals surface area contributed by atoms with E-state index in [4.69, 9.17) is 14.2 Å². The highest BCUT2D eigenvalue weighted by atomic mass is 35.5. The van der Waals surface area contributed by atoms with Crippen LogP contribution in [0, 0.1) is 13.8 Å². The zero-order valence-electron chi connectivity index (χ0n) is 29.8. The van der Waals surface area contributed by atoms with Crippen LogP contribution in [0.25, 0.3) is 12.2 Å². The lowest BCUT2D eigenvalue weighted by atomic mass is 10.0. The Morgan fingerprint density at radius 3 is 1.66 bits per heavy atom. The number of piperidine rings is 2. The van der Waals surface area contributed by atoms with Gasteiger partial charge in [-0.15, -0.1) is 12.4 Å². The Morgan fingerprint density at radius 2 is 1.20 bits per heavy atom. The molecule has 0 radical (unpaired) electrons. The van der Waals surface area contributed by atoms with Crippen LogP contribution in [0.3, 0.4) is 0 Å². The number of carbonyl (C=O) groups excluding carboxylic acids is 1. The summed E-state index contributed by atoms with van der Waals surface area (Å²) in [6, 6.07) is 23.9. The van der Waals surface area contributed by atoms with E-state index in [2.05, 4.69) is 45.6 Å². The second-order valence-electron chi connectivity index (χ2n) is 13.5. The predicted molar refractivity (Wildman–Crippen MR) is 203 cm³/mol. The van der Waals surface area contributed by atoms with Crippen LogP contribution < -0.4 is 14.8 Å². The minimum Gasteiger partial charge on any atom is -0.444 e. The van der Waals surface area contributed by atoms with Crippen molar-refractivity contribution < 1.29 is 19.0 Å². The maximum absolute atomic E-state index is 12.2. The van der Waals surface area contributed by atoms with Crippen molar-refractivity contribution in [3.8, 4) is 23.3 Å². The van der Waals surface area contributed by atoms with Gasteiger partial charge < -0.3 is 24.4 Å². The predicted octanol–water partition coefficient (Wildman–Crippen LogP) is 9.97. The fourth-order valence-electron chi connectivity index (χ4n) is 5.52. The monoisotopic (exact) mass is 696 g/mol. The summed E-state index contributed by atoms with van der Waals surface area (Å²) in [7, 11) is 0. The summed E-state index contributed by atoms with van der Waals surface area (Å²) in [5.74, 6) is 2.83. The first-order valence-corrected chi connectivity index (χ1v) is 17.1. The summed E-state index contributed by atoms with van der Waals surface area (Å²) in [6.45, 7) is 13.2. The summed E-state index contributed by atoms with van der Waals surface area (Å²) >= 11 is 0. The fourth-order valence-corrected chi connectivity index (χ4v) is 5.52. The van der Waals surface area contributed by atoms with Gasteiger partial charge in [0, 0.05) is 37.6 Å². The van der Waals surface area contributed by atoms with Crippen molar-refractivity contribution in [2.24, 2.45) is 0 Å². The molecular formula is C41H49ClN4O4. The van der Waals surface area contributed by atoms with Crippen LogP contribution in [0.2, 0.25) is 0 Å². The normalized spacial score (nSPS) is 14.4. The summed E-state index contributed by atoms with van der Waals surface area (Å²) in [6.07, 6.45) is 11.7. The lowest BCUT2D eigenvalue weighted by Gasteiger charge is -2.31. The molecule has 0 aliphatic carbocycles. The summed E-state index contributed by atoms with van der Waals surface area (Å²) in [5, 5.41) is 3.38. The molecule has 9 heteroatoms. The van der Waals surface area contributed by atoms with Gasteiger partial charge in [0.15, 0.2) is 0 Å². The van der Waals surface area contributed by atoms with Crippen LogP contribution >= 0.6 is 12.4 Å². The van der Waals surface area contributed by atoms with Crippen LogP contribution in [0.1, 0.15) is 68.7 Å². The number of hydrogen-bond acceptors (Lipinski definition) is 7. The number of nitrogens with zero attached hydrogens (tertiary/aromatic N) is 3. The number of benzene rings is 2. The van der Waals surface area contributed by atoms with Crippen LogP contribution in [0.15, 0.2) is 96.3 Å². The topological polar surface area (TPSA) is 85.8 Å². The quantitative estimate of drug-likeness (QED) is 0.215. The lowest BCUT2D eigenvalue weighted by molar-refractivity contribution is 0.0237. The first kappa shape index (κ1) is 38.1. The molecule has 4 aromatic rings. The van der Waals surface area contributed by atoms with E-state index in [1.807, 2.05) is 89.2 Å². The highest BCUT2D eigenvalue weighted by molar-refractivity contribution is 5.85. The minimum absolute atomic E-state index is 0. The molecule has 4 heterocycles. The third kappa shape index (κ3) is 12.7. The molecule has 0 unspecified atom stereocenters. The van der Waals surface area contributed by atoms with Gasteiger partial charge in [0.25, 0.3) is 0 Å². The molecule has 2 fully saturated rings. The molecule has 6 rings (SSSR count). The molecule has 0 saturated carbocycles. The Bertz CT molecular complexity index is 1760. The van der Waals surface area contributed by atoms with Crippen molar-refractivity contribution in [1.82, 2.24) is 20.2 Å². The minimum atomic E-state index is -0.459. The number of hydrogen-bond donors (Lipinski definition) is 1. The van der Waals surface area contributed by atoms with Crippen molar-refractivity contribution in [3.05, 3.63) is 119 Å². The summed E-state index contributed by atoms with van der Waals surface area (Å²) in [5.41, 5.74) is 6.90. The van der Waals surface area contributed by atoms with E-state index in [0.717, 1.165) is 67.0 Å². The molecule has 1 amide bonds. The molecule has 0 spiro atoms. The van der Waals surface area contributed by atoms with Gasteiger partial charge in [-0.25, -0.2) is 14.8 Å². The molecule has 1 N–H and O–H groups in total. The average Bonchev–Trinajstić information content (AvgIpc) is 3.06. The second kappa shape index (κ2) is 18.4. The standard InChI is InChI=1S/C23H28N2O3.C18H20N2O.ClH/c1-17-8-11-24-21(14-17)27-20-7-5-6-19(16-20)15-18-9-12-25(13-10-18)22(26)28-23(2,3)4;1-14-5-10-20-18(11-14)21-17-4-2-3-16(13-17)12-15-6-8-19-9-7-15;/h5-8,11,14-16H,9-10,12-13H2,1-4H3;2-5,10-13,19H,6-9H2,1H3;1H. The Balaban J connectivity index is 0.000000229. The number of amides is 1. The van der Waals surface area contributed by atoms with E-state index in [1.165, 1.54) is 16.7 Å². The second-order valence-corrected chi connectivity index (χ2v) is 13.5. The number of likely N-dealkylation sites (tertiary alicyclic amines) is 1. The van der Waals surface area contributed by atoms with Crippen LogP contribution in [-0.4, -0.2) is 52.7 Å². The summed E-state index contributed by atoms with van der Waals surface area (Å²) < 4.78 is 17.2. The molecule has 2 aliphatic heterocycles. The van der Waals surface area contributed by atoms with E-state index in [1.54, 1.807) is 17.3 Å². The maximum atomic E-state index is 12.2. The third-order valence-electron chi connectivity index (χ3n) is 7.99. The first-order valence-electron chi connectivity index (χ1n) is 17.1. The SMILES string of the molecule is Cc1ccnc(Oc2cccc(C=C3CCN(C(=O)OC(C)(C)C)CC3)c2)c1.Cc1ccnc(Oc2cccc(C=C3CCNCC3)c2)c1.Cl. The molecule has 2 aromatic carbocycles. The van der Waals surface area contributed by atoms with Crippen molar-refractivity contribution in [3.63, 3.8) is 0 Å². The van der Waals surface area contributed by atoms with Crippen molar-refractivity contribution in [1.29, 1.82) is 0 Å². The zero-order valence-corrected chi connectivity index (χ0v) is 30.6. The van der Waals surface area contributed by atoms with E-state index in [0.29, 0.717) is 24.8 Å². The number of pyridine rings is 2. The van der Waals surface area contributed by atoms with Crippen LogP contribution in [-0.2, 0) is 4.74 Å². The largest absolute Gasteiger partial charge is 0.444 e. The van der Waals surface area contributed by atoms with E-state index in [-0.39, 0.29) is 18.5 Å². The molecule has 264 valence electrons. The molecule has 0 bridgehead atoms. The average molecular weight is 697 g/mol. The van der Waals surface area contributed by atoms with Gasteiger partial charge in [-0.1, -0.05) is 47.6 Å². The highest BCUT2D eigenvalue weighted by Crippen LogP contribution is 2.26. The summed E-state index contributed by atoms with van der Waals surface area (Å²) in [4.78, 5) is 22.4. The third-order valence-corrected chi connectivity index (χ3v) is 7.99. The van der Waals surface area contributed by atoms with Crippen LogP contribution in [0.4, 0.5) is 4.79 Å². The lowest BCUT2D eigenvalue weighted by Crippen LogP contribution is -2.40. The van der Waals surface area contributed by atoms with Gasteiger partial charge >= 0.3 is 6.09 Å². The van der Waals surface area contributed by atoms with Gasteiger partial charge in [-0.05, 0) is 132 Å². The van der Waals surface area contributed by atoms with Crippen molar-refractivity contribution in [2.45, 2.75) is 65.9 Å². The maximum Gasteiger partial charge on any atom is 0.410 e. The van der Waals surface area contributed by atoms with Gasteiger partial charge in [0.1, 0.15) is 17.1 Å². The molecule has 8 nitrogen and oxygen atoms in total. The van der Waals surface area contributed by atoms with Crippen molar-refractivity contribution >= 4 is 30.7 Å². The van der Waals surface area contributed by atoms with Gasteiger partial charge in [-0.3, -0.25) is 0 Å². The van der Waals surface area contributed by atoms with E-state index in [9.17, 15) is 4.79 Å². The Morgan fingerprint density at radius 1 is 0.720 bits per heavy atom. The molecule has 2 saturated heterocycles. The molecular weight excluding hydrogens is 648 g/mol.